The van der Waals surface area contributed by atoms with Gasteiger partial charge in [0.15, 0.2) is 0 Å². The van der Waals surface area contributed by atoms with Crippen molar-refractivity contribution in [2.24, 2.45) is 5.92 Å². The molecule has 1 saturated heterocycles. The number of hydrogen-bond acceptors (Lipinski definition) is 2. The Kier molecular flexibility index (Phi) is 6.82. The largest absolute Gasteiger partial charge is 0.481 e. The van der Waals surface area contributed by atoms with Gasteiger partial charge in [-0.05, 0) is 38.0 Å². The Labute approximate surface area is 121 Å². The quantitative estimate of drug-likeness (QED) is 0.816. The molecule has 2 amide bonds. The highest BCUT2D eigenvalue weighted by Gasteiger charge is 2.27. The lowest BCUT2D eigenvalue weighted by atomic mass is 9.93. The first kappa shape index (κ1) is 16.8. The number of nitrogens with zero attached hydrogens (tertiary/aromatic N) is 2. The van der Waals surface area contributed by atoms with Crippen LogP contribution in [0.5, 0.6) is 0 Å². The fraction of sp³-hybridized carbons (Fsp3) is 0.867. The van der Waals surface area contributed by atoms with Crippen LogP contribution in [0.3, 0.4) is 0 Å². The normalized spacial score (nSPS) is 19.2. The molecule has 116 valence electrons. The van der Waals surface area contributed by atoms with Gasteiger partial charge in [-0.1, -0.05) is 13.8 Å². The average molecular weight is 284 g/mol. The highest BCUT2D eigenvalue weighted by atomic mass is 16.4. The van der Waals surface area contributed by atoms with Gasteiger partial charge in [0, 0.05) is 32.6 Å². The number of piperidine rings is 1. The van der Waals surface area contributed by atoms with Crippen molar-refractivity contribution < 1.29 is 14.7 Å². The van der Waals surface area contributed by atoms with Crippen LogP contribution in [-0.2, 0) is 4.79 Å². The van der Waals surface area contributed by atoms with E-state index in [1.54, 1.807) is 0 Å². The van der Waals surface area contributed by atoms with Crippen LogP contribution in [0.25, 0.3) is 0 Å². The maximum atomic E-state index is 12.5. The van der Waals surface area contributed by atoms with Crippen LogP contribution in [0.2, 0.25) is 0 Å². The van der Waals surface area contributed by atoms with Crippen molar-refractivity contribution >= 4 is 12.0 Å². The van der Waals surface area contributed by atoms with E-state index in [9.17, 15) is 9.59 Å². The van der Waals surface area contributed by atoms with E-state index in [1.807, 2.05) is 16.8 Å². The van der Waals surface area contributed by atoms with Gasteiger partial charge in [0.25, 0.3) is 0 Å². The number of amides is 2. The minimum Gasteiger partial charge on any atom is -0.481 e. The summed E-state index contributed by atoms with van der Waals surface area (Å²) in [6, 6.07) is 0.389. The van der Waals surface area contributed by atoms with Crippen LogP contribution in [-0.4, -0.2) is 53.1 Å². The molecule has 1 N–H and O–H groups in total. The van der Waals surface area contributed by atoms with Gasteiger partial charge in [0.2, 0.25) is 0 Å². The standard InChI is InChI=1S/C15H28N2O3/c1-4-13(5-2)16(3)15(20)17-10-6-7-12(11-17)8-9-14(18)19/h12-13H,4-11H2,1-3H3,(H,18,19). The molecule has 1 aliphatic rings. The van der Waals surface area contributed by atoms with Crippen LogP contribution in [0.4, 0.5) is 4.79 Å². The second-order valence-electron chi connectivity index (χ2n) is 5.75. The zero-order valence-corrected chi connectivity index (χ0v) is 13.0. The van der Waals surface area contributed by atoms with Gasteiger partial charge in [-0.3, -0.25) is 4.79 Å². The molecule has 0 aromatic rings. The first-order chi connectivity index (χ1) is 9.49. The fourth-order valence-electron chi connectivity index (χ4n) is 3.02. The van der Waals surface area contributed by atoms with Gasteiger partial charge in [-0.2, -0.15) is 0 Å². The summed E-state index contributed by atoms with van der Waals surface area (Å²) < 4.78 is 0. The van der Waals surface area contributed by atoms with Crippen molar-refractivity contribution in [2.75, 3.05) is 20.1 Å². The van der Waals surface area contributed by atoms with Crippen LogP contribution < -0.4 is 0 Å². The third kappa shape index (κ3) is 4.69. The summed E-state index contributed by atoms with van der Waals surface area (Å²) in [5.41, 5.74) is 0. The lowest BCUT2D eigenvalue weighted by Crippen LogP contribution is -2.49. The van der Waals surface area contributed by atoms with Crippen molar-refractivity contribution in [3.8, 4) is 0 Å². The summed E-state index contributed by atoms with van der Waals surface area (Å²) in [5.74, 6) is -0.415. The minimum absolute atomic E-state index is 0.0960. The van der Waals surface area contributed by atoms with E-state index in [0.29, 0.717) is 24.9 Å². The summed E-state index contributed by atoms with van der Waals surface area (Å²) >= 11 is 0. The topological polar surface area (TPSA) is 60.9 Å². The lowest BCUT2D eigenvalue weighted by molar-refractivity contribution is -0.137. The highest BCUT2D eigenvalue weighted by Crippen LogP contribution is 2.22. The van der Waals surface area contributed by atoms with E-state index >= 15 is 0 Å². The Morgan fingerprint density at radius 1 is 1.35 bits per heavy atom. The van der Waals surface area contributed by atoms with E-state index < -0.39 is 5.97 Å². The van der Waals surface area contributed by atoms with E-state index in [4.69, 9.17) is 5.11 Å². The number of aliphatic carboxylic acids is 1. The molecule has 0 saturated carbocycles. The van der Waals surface area contributed by atoms with Crippen LogP contribution in [0.1, 0.15) is 52.4 Å². The lowest BCUT2D eigenvalue weighted by Gasteiger charge is -2.37. The number of carbonyl (C=O) groups excluding carboxylic acids is 1. The van der Waals surface area contributed by atoms with Gasteiger partial charge in [0.1, 0.15) is 0 Å². The molecule has 20 heavy (non-hydrogen) atoms. The summed E-state index contributed by atoms with van der Waals surface area (Å²) in [5, 5.41) is 8.76. The Morgan fingerprint density at radius 2 is 2.00 bits per heavy atom. The number of hydrogen-bond donors (Lipinski definition) is 1. The molecule has 1 unspecified atom stereocenters. The van der Waals surface area contributed by atoms with Crippen molar-refractivity contribution in [1.82, 2.24) is 9.80 Å². The molecule has 0 aromatic heterocycles. The molecular formula is C15H28N2O3. The van der Waals surface area contributed by atoms with Crippen molar-refractivity contribution in [1.29, 1.82) is 0 Å². The molecule has 5 nitrogen and oxygen atoms in total. The summed E-state index contributed by atoms with van der Waals surface area (Å²) in [7, 11) is 1.88. The van der Waals surface area contributed by atoms with Gasteiger partial charge in [-0.15, -0.1) is 0 Å². The van der Waals surface area contributed by atoms with E-state index in [0.717, 1.165) is 32.2 Å². The van der Waals surface area contributed by atoms with Crippen molar-refractivity contribution in [3.05, 3.63) is 0 Å². The molecular weight excluding hydrogens is 256 g/mol. The van der Waals surface area contributed by atoms with Gasteiger partial charge in [-0.25, -0.2) is 4.79 Å². The molecule has 0 aliphatic carbocycles. The number of urea groups is 1. The predicted molar refractivity (Wildman–Crippen MR) is 78.7 cm³/mol. The molecule has 1 fully saturated rings. The highest BCUT2D eigenvalue weighted by molar-refractivity contribution is 5.74. The number of carbonyl (C=O) groups is 2. The van der Waals surface area contributed by atoms with Crippen LogP contribution in [0, 0.1) is 5.92 Å². The zero-order chi connectivity index (χ0) is 15.1. The third-order valence-corrected chi connectivity index (χ3v) is 4.35. The van der Waals surface area contributed by atoms with Crippen molar-refractivity contribution in [3.63, 3.8) is 0 Å². The molecule has 0 radical (unpaired) electrons. The number of rotatable bonds is 6. The molecule has 0 spiro atoms. The first-order valence-corrected chi connectivity index (χ1v) is 7.73. The Bertz CT molecular complexity index is 329. The van der Waals surface area contributed by atoms with Gasteiger partial charge >= 0.3 is 12.0 Å². The monoisotopic (exact) mass is 284 g/mol. The van der Waals surface area contributed by atoms with Gasteiger partial charge < -0.3 is 14.9 Å². The Hall–Kier alpha value is -1.26. The molecule has 5 heteroatoms. The number of carboxylic acid groups (broad SMARTS) is 1. The molecule has 0 aromatic carbocycles. The molecule has 1 atom stereocenters. The maximum absolute atomic E-state index is 12.5. The molecule has 1 rings (SSSR count). The summed E-state index contributed by atoms with van der Waals surface area (Å²) in [6.07, 6.45) is 4.82. The zero-order valence-electron chi connectivity index (χ0n) is 13.0. The van der Waals surface area contributed by atoms with Gasteiger partial charge in [0.05, 0.1) is 0 Å². The molecule has 1 heterocycles. The van der Waals surface area contributed by atoms with Crippen LogP contribution >= 0.6 is 0 Å². The molecule has 1 aliphatic heterocycles. The first-order valence-electron chi connectivity index (χ1n) is 7.73. The second-order valence-corrected chi connectivity index (χ2v) is 5.75. The average Bonchev–Trinajstić information content (AvgIpc) is 2.45. The van der Waals surface area contributed by atoms with E-state index in [-0.39, 0.29) is 12.5 Å². The summed E-state index contributed by atoms with van der Waals surface area (Å²) in [4.78, 5) is 26.9. The summed E-state index contributed by atoms with van der Waals surface area (Å²) in [6.45, 7) is 5.71. The third-order valence-electron chi connectivity index (χ3n) is 4.35. The number of likely N-dealkylation sites (tertiary alicyclic amines) is 1. The number of carboxylic acids is 1. The molecule has 0 bridgehead atoms. The maximum Gasteiger partial charge on any atom is 0.319 e. The Morgan fingerprint density at radius 3 is 2.55 bits per heavy atom. The van der Waals surface area contributed by atoms with Crippen LogP contribution in [0.15, 0.2) is 0 Å². The van der Waals surface area contributed by atoms with Crippen molar-refractivity contribution in [2.45, 2.75) is 58.4 Å². The SMILES string of the molecule is CCC(CC)N(C)C(=O)N1CCCC(CCC(=O)O)C1. The predicted octanol–water partition coefficient (Wildman–Crippen LogP) is 2.80. The minimum atomic E-state index is -0.748. The van der Waals surface area contributed by atoms with E-state index in [1.165, 1.54) is 0 Å². The van der Waals surface area contributed by atoms with E-state index in [2.05, 4.69) is 13.8 Å². The second kappa shape index (κ2) is 8.12. The Balaban J connectivity index is 2.53. The smallest absolute Gasteiger partial charge is 0.319 e. The fourth-order valence-corrected chi connectivity index (χ4v) is 3.02.